The number of rotatable bonds is 3. The Morgan fingerprint density at radius 1 is 1.25 bits per heavy atom. The van der Waals surface area contributed by atoms with Crippen LogP contribution in [0.1, 0.15) is 34.5 Å². The number of carbonyl (C=O) groups excluding carboxylic acids is 2. The van der Waals surface area contributed by atoms with Crippen molar-refractivity contribution in [1.29, 1.82) is 5.26 Å². The third-order valence-corrected chi connectivity index (χ3v) is 3.88. The van der Waals surface area contributed by atoms with Gasteiger partial charge in [0.2, 0.25) is 0 Å². The molecule has 2 atom stereocenters. The summed E-state index contributed by atoms with van der Waals surface area (Å²) >= 11 is 0. The van der Waals surface area contributed by atoms with E-state index in [-0.39, 0.29) is 18.0 Å². The number of nitriles is 1. The van der Waals surface area contributed by atoms with Gasteiger partial charge in [-0.3, -0.25) is 9.59 Å². The van der Waals surface area contributed by atoms with Gasteiger partial charge in [0, 0.05) is 0 Å². The monoisotopic (exact) mass is 321 g/mol. The van der Waals surface area contributed by atoms with Crippen LogP contribution in [0.25, 0.3) is 0 Å². The van der Waals surface area contributed by atoms with Gasteiger partial charge in [-0.15, -0.1) is 0 Å². The second-order valence-electron chi connectivity index (χ2n) is 5.37. The first kappa shape index (κ1) is 15.8. The van der Waals surface area contributed by atoms with Crippen LogP contribution in [-0.4, -0.2) is 18.4 Å². The van der Waals surface area contributed by atoms with E-state index in [1.165, 1.54) is 6.07 Å². The molecule has 0 N–H and O–H groups in total. The second kappa shape index (κ2) is 6.55. The summed E-state index contributed by atoms with van der Waals surface area (Å²) in [5, 5.41) is 9.02. The fourth-order valence-electron chi connectivity index (χ4n) is 2.77. The van der Waals surface area contributed by atoms with E-state index in [0.29, 0.717) is 11.3 Å². The minimum absolute atomic E-state index is 0.176. The Morgan fingerprint density at radius 3 is 2.67 bits per heavy atom. The fraction of sp³-hybridized carbons (Fsp3) is 0.211. The van der Waals surface area contributed by atoms with E-state index < -0.39 is 18.0 Å². The maximum atomic E-state index is 12.9. The lowest BCUT2D eigenvalue weighted by Crippen LogP contribution is -2.38. The largest absolute Gasteiger partial charge is 0.484 e. The van der Waals surface area contributed by atoms with Crippen molar-refractivity contribution < 1.29 is 19.1 Å². The number of hydrogen-bond donors (Lipinski definition) is 0. The highest BCUT2D eigenvalue weighted by molar-refractivity contribution is 6.11. The van der Waals surface area contributed by atoms with Crippen LogP contribution in [0.15, 0.2) is 48.5 Å². The molecule has 2 aromatic carbocycles. The van der Waals surface area contributed by atoms with Crippen molar-refractivity contribution in [1.82, 2.24) is 0 Å². The van der Waals surface area contributed by atoms with Crippen LogP contribution in [0.5, 0.6) is 5.75 Å². The molecule has 0 amide bonds. The Balaban J connectivity index is 2.09. The van der Waals surface area contributed by atoms with Gasteiger partial charge < -0.3 is 9.47 Å². The number of carbonyl (C=O) groups is 2. The Kier molecular flexibility index (Phi) is 4.30. The van der Waals surface area contributed by atoms with Crippen molar-refractivity contribution in [3.63, 3.8) is 0 Å². The minimum atomic E-state index is -1.09. The number of fused-ring (bicyclic) bond motifs is 1. The van der Waals surface area contributed by atoms with Crippen molar-refractivity contribution in [3.8, 4) is 11.8 Å². The van der Waals surface area contributed by atoms with Gasteiger partial charge in [-0.05, 0) is 30.7 Å². The van der Waals surface area contributed by atoms with Gasteiger partial charge in [-0.25, -0.2) is 0 Å². The summed E-state index contributed by atoms with van der Waals surface area (Å²) in [6.07, 6.45) is -0.752. The fourth-order valence-corrected chi connectivity index (χ4v) is 2.77. The zero-order chi connectivity index (χ0) is 17.1. The van der Waals surface area contributed by atoms with Gasteiger partial charge in [0.05, 0.1) is 23.8 Å². The molecule has 2 aromatic rings. The zero-order valence-corrected chi connectivity index (χ0v) is 13.1. The summed E-state index contributed by atoms with van der Waals surface area (Å²) in [6.45, 7) is 1.86. The van der Waals surface area contributed by atoms with E-state index in [1.807, 2.05) is 24.3 Å². The third kappa shape index (κ3) is 2.74. The van der Waals surface area contributed by atoms with Crippen LogP contribution < -0.4 is 4.74 Å². The number of benzene rings is 2. The van der Waals surface area contributed by atoms with Crippen LogP contribution >= 0.6 is 0 Å². The van der Waals surface area contributed by atoms with E-state index in [2.05, 4.69) is 0 Å². The van der Waals surface area contributed by atoms with Gasteiger partial charge in [0.15, 0.2) is 11.7 Å². The van der Waals surface area contributed by atoms with E-state index in [1.54, 1.807) is 31.2 Å². The van der Waals surface area contributed by atoms with Crippen molar-refractivity contribution >= 4 is 11.8 Å². The van der Waals surface area contributed by atoms with Crippen molar-refractivity contribution in [3.05, 3.63) is 65.2 Å². The van der Waals surface area contributed by atoms with E-state index in [4.69, 9.17) is 14.7 Å². The average Bonchev–Trinajstić information content (AvgIpc) is 2.62. The van der Waals surface area contributed by atoms with E-state index in [0.717, 1.165) is 5.56 Å². The molecule has 5 nitrogen and oxygen atoms in total. The predicted molar refractivity (Wildman–Crippen MR) is 85.4 cm³/mol. The molecule has 0 aromatic heterocycles. The lowest BCUT2D eigenvalue weighted by molar-refractivity contribution is -0.149. The van der Waals surface area contributed by atoms with Gasteiger partial charge >= 0.3 is 5.97 Å². The lowest BCUT2D eigenvalue weighted by atomic mass is 9.85. The molecule has 0 saturated heterocycles. The Labute approximate surface area is 139 Å². The molecule has 5 heteroatoms. The Bertz CT molecular complexity index is 823. The van der Waals surface area contributed by atoms with Crippen LogP contribution in [0.3, 0.4) is 0 Å². The Morgan fingerprint density at radius 2 is 2.00 bits per heavy atom. The lowest BCUT2D eigenvalue weighted by Gasteiger charge is -2.31. The summed E-state index contributed by atoms with van der Waals surface area (Å²) in [5.41, 5.74) is 1.30. The predicted octanol–water partition coefficient (Wildman–Crippen LogP) is 3.05. The summed E-state index contributed by atoms with van der Waals surface area (Å²) in [4.78, 5) is 25.3. The molecule has 2 unspecified atom stereocenters. The minimum Gasteiger partial charge on any atom is -0.484 e. The highest BCUT2D eigenvalue weighted by atomic mass is 16.5. The molecule has 0 fully saturated rings. The quantitative estimate of drug-likeness (QED) is 0.641. The van der Waals surface area contributed by atoms with Crippen molar-refractivity contribution in [2.45, 2.75) is 13.0 Å². The van der Waals surface area contributed by atoms with E-state index >= 15 is 0 Å². The average molecular weight is 321 g/mol. The first-order valence-corrected chi connectivity index (χ1v) is 7.62. The topological polar surface area (TPSA) is 76.4 Å². The molecule has 24 heavy (non-hydrogen) atoms. The third-order valence-electron chi connectivity index (χ3n) is 3.88. The number of ketones is 1. The molecule has 3 rings (SSSR count). The molecule has 1 heterocycles. The molecule has 1 aliphatic rings. The maximum Gasteiger partial charge on any atom is 0.321 e. The summed E-state index contributed by atoms with van der Waals surface area (Å²) in [7, 11) is 0. The summed E-state index contributed by atoms with van der Waals surface area (Å²) in [5.74, 6) is -1.73. The Hall–Kier alpha value is -3.13. The number of esters is 1. The molecule has 0 spiro atoms. The first-order valence-electron chi connectivity index (χ1n) is 7.62. The smallest absolute Gasteiger partial charge is 0.321 e. The molecule has 0 aliphatic carbocycles. The standard InChI is InChI=1S/C19H15NO4/c1-2-23-19(22)16-17(21)14-10-12(11-20)8-9-15(14)24-18(16)13-6-4-3-5-7-13/h3-10,16,18H,2H2,1H3. The van der Waals surface area contributed by atoms with Gasteiger partial charge in [-0.2, -0.15) is 5.26 Å². The zero-order valence-electron chi connectivity index (χ0n) is 13.1. The van der Waals surface area contributed by atoms with Gasteiger partial charge in [-0.1, -0.05) is 30.3 Å². The molecule has 1 aliphatic heterocycles. The number of ether oxygens (including phenoxy) is 2. The molecule has 0 bridgehead atoms. The molecular formula is C19H15NO4. The summed E-state index contributed by atoms with van der Waals surface area (Å²) < 4.78 is 11.0. The first-order chi connectivity index (χ1) is 11.7. The number of hydrogen-bond acceptors (Lipinski definition) is 5. The van der Waals surface area contributed by atoms with Crippen molar-refractivity contribution in [2.24, 2.45) is 5.92 Å². The van der Waals surface area contributed by atoms with E-state index in [9.17, 15) is 9.59 Å². The van der Waals surface area contributed by atoms with Crippen LogP contribution in [0.2, 0.25) is 0 Å². The van der Waals surface area contributed by atoms with Crippen LogP contribution in [-0.2, 0) is 9.53 Å². The highest BCUT2D eigenvalue weighted by Crippen LogP contribution is 2.39. The van der Waals surface area contributed by atoms with Gasteiger partial charge in [0.1, 0.15) is 11.9 Å². The number of Topliss-reactive ketones (excluding diaryl/α,β-unsaturated/α-hetero) is 1. The molecule has 0 radical (unpaired) electrons. The SMILES string of the molecule is CCOC(=O)C1C(=O)c2cc(C#N)ccc2OC1c1ccccc1. The number of nitrogens with zero attached hydrogens (tertiary/aromatic N) is 1. The normalized spacial score (nSPS) is 18.9. The van der Waals surface area contributed by atoms with Crippen molar-refractivity contribution in [2.75, 3.05) is 6.61 Å². The molecule has 0 saturated carbocycles. The van der Waals surface area contributed by atoms with Crippen LogP contribution in [0, 0.1) is 17.2 Å². The molecular weight excluding hydrogens is 306 g/mol. The molecule has 120 valence electrons. The second-order valence-corrected chi connectivity index (χ2v) is 5.37. The van der Waals surface area contributed by atoms with Crippen LogP contribution in [0.4, 0.5) is 0 Å². The summed E-state index contributed by atoms with van der Waals surface area (Å²) in [6, 6.07) is 15.7. The maximum absolute atomic E-state index is 12.9. The van der Waals surface area contributed by atoms with Gasteiger partial charge in [0.25, 0.3) is 0 Å². The highest BCUT2D eigenvalue weighted by Gasteiger charge is 2.44.